The molecule has 1 saturated heterocycles. The summed E-state index contributed by atoms with van der Waals surface area (Å²) < 4.78 is 0. The maximum absolute atomic E-state index is 6.05. The van der Waals surface area contributed by atoms with Crippen molar-refractivity contribution in [1.29, 1.82) is 0 Å². The van der Waals surface area contributed by atoms with Crippen molar-refractivity contribution in [3.8, 4) is 0 Å². The first-order valence-corrected chi connectivity index (χ1v) is 9.43. The smallest absolute Gasteiger partial charge is 0.0218 e. The Morgan fingerprint density at radius 2 is 1.67 bits per heavy atom. The number of unbranched alkanes of at least 4 members (excludes halogenated alkanes) is 6. The molecule has 0 amide bonds. The molecule has 21 heavy (non-hydrogen) atoms. The van der Waals surface area contributed by atoms with E-state index in [1.165, 1.54) is 70.9 Å². The van der Waals surface area contributed by atoms with Crippen molar-refractivity contribution in [2.24, 2.45) is 17.1 Å². The molecule has 2 heteroatoms. The standard InChI is InChI=1S/C19H40N2/c1-5-6-7-8-9-10-11-12-18(15-20)21-14-13-17(16-21)19(2,3)4/h17-18H,5-16,20H2,1-4H3. The summed E-state index contributed by atoms with van der Waals surface area (Å²) in [5.41, 5.74) is 6.50. The molecule has 1 fully saturated rings. The molecule has 0 spiro atoms. The molecule has 0 aliphatic carbocycles. The van der Waals surface area contributed by atoms with Gasteiger partial charge in [-0.05, 0) is 30.7 Å². The first-order chi connectivity index (χ1) is 9.99. The Morgan fingerprint density at radius 3 is 2.19 bits per heavy atom. The predicted molar refractivity (Wildman–Crippen MR) is 94.6 cm³/mol. The number of nitrogens with zero attached hydrogens (tertiary/aromatic N) is 1. The molecule has 1 aliphatic heterocycles. The molecule has 0 aromatic carbocycles. The number of rotatable bonds is 10. The van der Waals surface area contributed by atoms with E-state index < -0.39 is 0 Å². The van der Waals surface area contributed by atoms with Gasteiger partial charge in [0.25, 0.3) is 0 Å². The quantitative estimate of drug-likeness (QED) is 0.585. The lowest BCUT2D eigenvalue weighted by Crippen LogP contribution is -2.40. The Hall–Kier alpha value is -0.0800. The van der Waals surface area contributed by atoms with Gasteiger partial charge in [-0.3, -0.25) is 4.90 Å². The van der Waals surface area contributed by atoms with Crippen LogP contribution in [0.3, 0.4) is 0 Å². The van der Waals surface area contributed by atoms with Crippen LogP contribution in [0, 0.1) is 11.3 Å². The highest BCUT2D eigenvalue weighted by Gasteiger charge is 2.33. The third kappa shape index (κ3) is 7.15. The summed E-state index contributed by atoms with van der Waals surface area (Å²) in [4.78, 5) is 2.67. The second-order valence-electron chi connectivity index (χ2n) is 8.15. The van der Waals surface area contributed by atoms with Crippen molar-refractivity contribution in [3.05, 3.63) is 0 Å². The van der Waals surface area contributed by atoms with Gasteiger partial charge in [0, 0.05) is 19.1 Å². The maximum Gasteiger partial charge on any atom is 0.0218 e. The Morgan fingerprint density at radius 1 is 1.05 bits per heavy atom. The molecule has 2 N–H and O–H groups in total. The van der Waals surface area contributed by atoms with Crippen LogP contribution in [-0.2, 0) is 0 Å². The SMILES string of the molecule is CCCCCCCCCC(CN)N1CCC(C(C)(C)C)C1. The highest BCUT2D eigenvalue weighted by atomic mass is 15.2. The Balaban J connectivity index is 2.17. The van der Waals surface area contributed by atoms with E-state index in [1.807, 2.05) is 0 Å². The molecule has 0 bridgehead atoms. The summed E-state index contributed by atoms with van der Waals surface area (Å²) in [6.45, 7) is 12.8. The zero-order chi connectivity index (χ0) is 15.7. The minimum Gasteiger partial charge on any atom is -0.329 e. The summed E-state index contributed by atoms with van der Waals surface area (Å²) in [6, 6.07) is 0.632. The lowest BCUT2D eigenvalue weighted by Gasteiger charge is -2.30. The van der Waals surface area contributed by atoms with E-state index in [9.17, 15) is 0 Å². The van der Waals surface area contributed by atoms with E-state index >= 15 is 0 Å². The molecule has 1 rings (SSSR count). The summed E-state index contributed by atoms with van der Waals surface area (Å²) >= 11 is 0. The van der Waals surface area contributed by atoms with Crippen LogP contribution in [0.15, 0.2) is 0 Å². The van der Waals surface area contributed by atoms with Gasteiger partial charge >= 0.3 is 0 Å². The average Bonchev–Trinajstić information content (AvgIpc) is 2.91. The number of nitrogens with two attached hydrogens (primary N) is 1. The molecule has 2 nitrogen and oxygen atoms in total. The fraction of sp³-hybridized carbons (Fsp3) is 1.00. The summed E-state index contributed by atoms with van der Waals surface area (Å²) in [7, 11) is 0. The van der Waals surface area contributed by atoms with E-state index in [0.29, 0.717) is 11.5 Å². The fourth-order valence-corrected chi connectivity index (χ4v) is 3.61. The van der Waals surface area contributed by atoms with E-state index in [0.717, 1.165) is 12.5 Å². The Kier molecular flexibility index (Phi) is 8.89. The first kappa shape index (κ1) is 19.0. The molecular weight excluding hydrogens is 256 g/mol. The molecule has 1 aliphatic rings. The average molecular weight is 297 g/mol. The summed E-state index contributed by atoms with van der Waals surface area (Å²) in [5.74, 6) is 0.848. The number of hydrogen-bond acceptors (Lipinski definition) is 2. The molecule has 0 saturated carbocycles. The lowest BCUT2D eigenvalue weighted by molar-refractivity contribution is 0.188. The minimum absolute atomic E-state index is 0.452. The van der Waals surface area contributed by atoms with E-state index in [-0.39, 0.29) is 0 Å². The van der Waals surface area contributed by atoms with Gasteiger partial charge in [0.2, 0.25) is 0 Å². The van der Waals surface area contributed by atoms with Crippen LogP contribution in [0.2, 0.25) is 0 Å². The molecule has 0 radical (unpaired) electrons. The largest absolute Gasteiger partial charge is 0.329 e. The van der Waals surface area contributed by atoms with Gasteiger partial charge in [0.05, 0.1) is 0 Å². The van der Waals surface area contributed by atoms with Crippen molar-refractivity contribution in [1.82, 2.24) is 4.90 Å². The maximum atomic E-state index is 6.05. The van der Waals surface area contributed by atoms with E-state index in [1.54, 1.807) is 0 Å². The first-order valence-electron chi connectivity index (χ1n) is 9.43. The van der Waals surface area contributed by atoms with Gasteiger partial charge in [-0.25, -0.2) is 0 Å². The zero-order valence-corrected chi connectivity index (χ0v) is 15.2. The van der Waals surface area contributed by atoms with Crippen molar-refractivity contribution in [2.45, 2.75) is 91.5 Å². The topological polar surface area (TPSA) is 29.3 Å². The second-order valence-corrected chi connectivity index (χ2v) is 8.15. The van der Waals surface area contributed by atoms with Crippen LogP contribution in [0.4, 0.5) is 0 Å². The lowest BCUT2D eigenvalue weighted by atomic mass is 9.80. The number of likely N-dealkylation sites (tertiary alicyclic amines) is 1. The van der Waals surface area contributed by atoms with Crippen molar-refractivity contribution in [2.75, 3.05) is 19.6 Å². The van der Waals surface area contributed by atoms with Gasteiger partial charge in [0.1, 0.15) is 0 Å². The van der Waals surface area contributed by atoms with Crippen LogP contribution in [0.25, 0.3) is 0 Å². The summed E-state index contributed by atoms with van der Waals surface area (Å²) in [5, 5.41) is 0. The monoisotopic (exact) mass is 296 g/mol. The van der Waals surface area contributed by atoms with Crippen LogP contribution in [0.5, 0.6) is 0 Å². The van der Waals surface area contributed by atoms with E-state index in [2.05, 4.69) is 32.6 Å². The normalized spacial score (nSPS) is 21.9. The molecule has 0 aromatic rings. The highest BCUT2D eigenvalue weighted by Crippen LogP contribution is 2.34. The highest BCUT2D eigenvalue weighted by molar-refractivity contribution is 4.87. The number of hydrogen-bond donors (Lipinski definition) is 1. The molecular formula is C19H40N2. The van der Waals surface area contributed by atoms with Gasteiger partial charge in [-0.2, -0.15) is 0 Å². The van der Waals surface area contributed by atoms with Crippen molar-refractivity contribution in [3.63, 3.8) is 0 Å². The van der Waals surface area contributed by atoms with Gasteiger partial charge < -0.3 is 5.73 Å². The van der Waals surface area contributed by atoms with Crippen LogP contribution in [-0.4, -0.2) is 30.6 Å². The second kappa shape index (κ2) is 9.84. The van der Waals surface area contributed by atoms with Crippen molar-refractivity contribution >= 4 is 0 Å². The van der Waals surface area contributed by atoms with Crippen molar-refractivity contribution < 1.29 is 0 Å². The minimum atomic E-state index is 0.452. The van der Waals surface area contributed by atoms with Gasteiger partial charge in [-0.1, -0.05) is 72.6 Å². The Labute approximate surface area is 133 Å². The molecule has 126 valence electrons. The molecule has 1 heterocycles. The zero-order valence-electron chi connectivity index (χ0n) is 15.2. The van der Waals surface area contributed by atoms with Crippen LogP contribution in [0.1, 0.15) is 85.5 Å². The molecule has 2 unspecified atom stereocenters. The molecule has 0 aromatic heterocycles. The summed E-state index contributed by atoms with van der Waals surface area (Å²) in [6.07, 6.45) is 12.5. The van der Waals surface area contributed by atoms with Gasteiger partial charge in [-0.15, -0.1) is 0 Å². The predicted octanol–water partition coefficient (Wildman–Crippen LogP) is 4.82. The van der Waals surface area contributed by atoms with Crippen LogP contribution >= 0.6 is 0 Å². The third-order valence-electron chi connectivity index (χ3n) is 5.37. The van der Waals surface area contributed by atoms with Crippen LogP contribution < -0.4 is 5.73 Å². The Bertz CT molecular complexity index is 257. The third-order valence-corrected chi connectivity index (χ3v) is 5.37. The van der Waals surface area contributed by atoms with Gasteiger partial charge in [0.15, 0.2) is 0 Å². The van der Waals surface area contributed by atoms with E-state index in [4.69, 9.17) is 5.73 Å². The fourth-order valence-electron chi connectivity index (χ4n) is 3.61. The molecule has 2 atom stereocenters.